The van der Waals surface area contributed by atoms with Gasteiger partial charge in [0, 0.05) is 45.6 Å². The van der Waals surface area contributed by atoms with Gasteiger partial charge in [-0.05, 0) is 44.1 Å². The number of likely N-dealkylation sites (tertiary alicyclic amines) is 1. The van der Waals surface area contributed by atoms with Crippen molar-refractivity contribution in [1.82, 2.24) is 19.8 Å². The van der Waals surface area contributed by atoms with Crippen molar-refractivity contribution in [1.29, 1.82) is 0 Å². The molecule has 0 bridgehead atoms. The van der Waals surface area contributed by atoms with Crippen molar-refractivity contribution in [2.75, 3.05) is 26.7 Å². The highest BCUT2D eigenvalue weighted by Crippen LogP contribution is 2.20. The molecule has 0 saturated carbocycles. The van der Waals surface area contributed by atoms with Gasteiger partial charge in [-0.25, -0.2) is 4.98 Å². The largest absolute Gasteiger partial charge is 0.356 e. The van der Waals surface area contributed by atoms with E-state index in [0.29, 0.717) is 0 Å². The summed E-state index contributed by atoms with van der Waals surface area (Å²) in [6.07, 6.45) is 8.62. The summed E-state index contributed by atoms with van der Waals surface area (Å²) in [7, 11) is 1.89. The predicted octanol–water partition coefficient (Wildman–Crippen LogP) is 3.73. The Morgan fingerprint density at radius 1 is 1.26 bits per heavy atom. The smallest absolute Gasteiger partial charge is 0.193 e. The number of hydrogen-bond donors (Lipinski definition) is 1. The predicted molar refractivity (Wildman–Crippen MR) is 123 cm³/mol. The van der Waals surface area contributed by atoms with Crippen LogP contribution in [0.4, 0.5) is 0 Å². The van der Waals surface area contributed by atoms with Crippen LogP contribution in [0.5, 0.6) is 0 Å². The van der Waals surface area contributed by atoms with E-state index in [1.54, 1.807) is 0 Å². The van der Waals surface area contributed by atoms with Crippen LogP contribution >= 0.6 is 24.0 Å². The van der Waals surface area contributed by atoms with Crippen molar-refractivity contribution >= 4 is 29.9 Å². The third kappa shape index (κ3) is 6.52. The first-order valence-electron chi connectivity index (χ1n) is 9.73. The fraction of sp³-hybridized carbons (Fsp3) is 0.524. The number of benzene rings is 1. The molecule has 0 aliphatic carbocycles. The number of rotatable bonds is 7. The molecule has 1 aliphatic rings. The van der Waals surface area contributed by atoms with Crippen molar-refractivity contribution < 1.29 is 0 Å². The number of hydrogen-bond acceptors (Lipinski definition) is 2. The number of nitrogens with one attached hydrogen (secondary N) is 1. The van der Waals surface area contributed by atoms with Crippen LogP contribution in [0.2, 0.25) is 0 Å². The van der Waals surface area contributed by atoms with Gasteiger partial charge in [0.15, 0.2) is 5.96 Å². The summed E-state index contributed by atoms with van der Waals surface area (Å²) in [5, 5.41) is 3.54. The molecule has 5 nitrogen and oxygen atoms in total. The fourth-order valence-electron chi connectivity index (χ4n) is 3.72. The monoisotopic (exact) mass is 481 g/mol. The molecule has 3 rings (SSSR count). The highest BCUT2D eigenvalue weighted by atomic mass is 127. The van der Waals surface area contributed by atoms with E-state index in [1.807, 2.05) is 13.2 Å². The lowest BCUT2D eigenvalue weighted by Gasteiger charge is -2.22. The minimum Gasteiger partial charge on any atom is -0.356 e. The molecule has 1 aliphatic heterocycles. The number of aryl methyl sites for hydroxylation is 2. The van der Waals surface area contributed by atoms with Gasteiger partial charge < -0.3 is 14.8 Å². The third-order valence-electron chi connectivity index (χ3n) is 5.20. The van der Waals surface area contributed by atoms with Crippen LogP contribution in [-0.2, 0) is 13.0 Å². The number of aromatic nitrogens is 2. The van der Waals surface area contributed by atoms with E-state index in [-0.39, 0.29) is 24.0 Å². The van der Waals surface area contributed by atoms with E-state index < -0.39 is 0 Å². The topological polar surface area (TPSA) is 45.5 Å². The van der Waals surface area contributed by atoms with Gasteiger partial charge in [0.2, 0.25) is 0 Å². The number of aliphatic imine (C=N–C) groups is 1. The quantitative estimate of drug-likeness (QED) is 0.284. The molecule has 1 saturated heterocycles. The number of imidazole rings is 1. The molecule has 6 heteroatoms. The molecule has 148 valence electrons. The van der Waals surface area contributed by atoms with E-state index in [9.17, 15) is 0 Å². The van der Waals surface area contributed by atoms with Crippen molar-refractivity contribution in [3.63, 3.8) is 0 Å². The van der Waals surface area contributed by atoms with E-state index in [1.165, 1.54) is 18.4 Å². The molecule has 0 radical (unpaired) electrons. The molecule has 2 heterocycles. The van der Waals surface area contributed by atoms with E-state index >= 15 is 0 Å². The summed E-state index contributed by atoms with van der Waals surface area (Å²) < 4.78 is 2.21. The first kappa shape index (κ1) is 21.7. The average Bonchev–Trinajstić information content (AvgIpc) is 3.28. The summed E-state index contributed by atoms with van der Waals surface area (Å²) >= 11 is 0. The summed E-state index contributed by atoms with van der Waals surface area (Å²) in [4.78, 5) is 11.2. The molecular weight excluding hydrogens is 449 g/mol. The number of halogens is 1. The second-order valence-electron chi connectivity index (χ2n) is 7.14. The van der Waals surface area contributed by atoms with Gasteiger partial charge >= 0.3 is 0 Å². The Bertz CT molecular complexity index is 698. The Morgan fingerprint density at radius 2 is 2.07 bits per heavy atom. The van der Waals surface area contributed by atoms with Gasteiger partial charge in [-0.2, -0.15) is 0 Å². The lowest BCUT2D eigenvalue weighted by atomic mass is 9.99. The standard InChI is InChI=1S/C21H31N5.HI/c1-18-23-12-15-25(18)13-7-6-11-24-21(22-2)26-14-10-20(17-26)16-19-8-4-3-5-9-19;/h3-5,8-9,12,15,20H,6-7,10-11,13-14,16-17H2,1-2H3,(H,22,24);1H. The molecular formula is C21H32IN5. The molecule has 1 N–H and O–H groups in total. The summed E-state index contributed by atoms with van der Waals surface area (Å²) in [5.74, 6) is 2.87. The molecule has 2 aromatic rings. The van der Waals surface area contributed by atoms with Crippen LogP contribution in [0.25, 0.3) is 0 Å². The summed E-state index contributed by atoms with van der Waals surface area (Å²) in [6, 6.07) is 10.8. The van der Waals surface area contributed by atoms with Gasteiger partial charge in [0.05, 0.1) is 0 Å². The van der Waals surface area contributed by atoms with Crippen LogP contribution in [0.1, 0.15) is 30.7 Å². The Kier molecular flexibility index (Phi) is 9.10. The van der Waals surface area contributed by atoms with Crippen molar-refractivity contribution in [3.8, 4) is 0 Å². The van der Waals surface area contributed by atoms with Gasteiger partial charge in [0.25, 0.3) is 0 Å². The van der Waals surface area contributed by atoms with E-state index in [2.05, 4.69) is 68.2 Å². The minimum atomic E-state index is 0. The van der Waals surface area contributed by atoms with Gasteiger partial charge in [-0.15, -0.1) is 24.0 Å². The zero-order valence-corrected chi connectivity index (χ0v) is 18.8. The first-order chi connectivity index (χ1) is 12.8. The zero-order chi connectivity index (χ0) is 18.2. The molecule has 0 amide bonds. The van der Waals surface area contributed by atoms with Crippen molar-refractivity contribution in [3.05, 3.63) is 54.1 Å². The molecule has 1 aromatic heterocycles. The van der Waals surface area contributed by atoms with Gasteiger partial charge in [-0.1, -0.05) is 30.3 Å². The highest BCUT2D eigenvalue weighted by molar-refractivity contribution is 14.0. The molecule has 0 spiro atoms. The lowest BCUT2D eigenvalue weighted by Crippen LogP contribution is -2.40. The fourth-order valence-corrected chi connectivity index (χ4v) is 3.72. The van der Waals surface area contributed by atoms with E-state index in [0.717, 1.165) is 56.7 Å². The number of guanidine groups is 1. The zero-order valence-electron chi connectivity index (χ0n) is 16.5. The van der Waals surface area contributed by atoms with E-state index in [4.69, 9.17) is 0 Å². The van der Waals surface area contributed by atoms with Crippen LogP contribution in [-0.4, -0.2) is 47.1 Å². The van der Waals surface area contributed by atoms with Crippen LogP contribution in [0.3, 0.4) is 0 Å². The number of nitrogens with zero attached hydrogens (tertiary/aromatic N) is 4. The summed E-state index contributed by atoms with van der Waals surface area (Å²) in [5.41, 5.74) is 1.44. The van der Waals surface area contributed by atoms with Crippen molar-refractivity contribution in [2.24, 2.45) is 10.9 Å². The third-order valence-corrected chi connectivity index (χ3v) is 5.20. The molecule has 1 unspecified atom stereocenters. The average molecular weight is 481 g/mol. The lowest BCUT2D eigenvalue weighted by molar-refractivity contribution is 0.457. The molecule has 27 heavy (non-hydrogen) atoms. The number of unbranched alkanes of at least 4 members (excludes halogenated alkanes) is 1. The van der Waals surface area contributed by atoms with Crippen LogP contribution in [0.15, 0.2) is 47.7 Å². The van der Waals surface area contributed by atoms with Crippen LogP contribution < -0.4 is 5.32 Å². The van der Waals surface area contributed by atoms with Gasteiger partial charge in [-0.3, -0.25) is 4.99 Å². The second kappa shape index (κ2) is 11.3. The maximum Gasteiger partial charge on any atom is 0.193 e. The van der Waals surface area contributed by atoms with Crippen LogP contribution in [0, 0.1) is 12.8 Å². The second-order valence-corrected chi connectivity index (χ2v) is 7.14. The maximum absolute atomic E-state index is 4.49. The maximum atomic E-state index is 4.49. The van der Waals surface area contributed by atoms with Crippen molar-refractivity contribution in [2.45, 2.75) is 39.2 Å². The molecule has 1 aromatic carbocycles. The minimum absolute atomic E-state index is 0. The first-order valence-corrected chi connectivity index (χ1v) is 9.73. The summed E-state index contributed by atoms with van der Waals surface area (Å²) in [6.45, 7) is 6.27. The molecule has 1 fully saturated rings. The Morgan fingerprint density at radius 3 is 2.78 bits per heavy atom. The Labute approximate surface area is 180 Å². The highest BCUT2D eigenvalue weighted by Gasteiger charge is 2.24. The normalized spacial score (nSPS) is 17.0. The SMILES string of the molecule is CN=C(NCCCCn1ccnc1C)N1CCC(Cc2ccccc2)C1.I. The Balaban J connectivity index is 0.00000261. The Hall–Kier alpha value is -1.57. The van der Waals surface area contributed by atoms with Gasteiger partial charge in [0.1, 0.15) is 5.82 Å². The molecule has 1 atom stereocenters.